The van der Waals surface area contributed by atoms with Gasteiger partial charge in [0.05, 0.1) is 4.92 Å². The number of nitrogens with one attached hydrogen (secondary N) is 2. The Morgan fingerprint density at radius 3 is 2.50 bits per heavy atom. The van der Waals surface area contributed by atoms with E-state index in [1.54, 1.807) is 55.6 Å². The summed E-state index contributed by atoms with van der Waals surface area (Å²) in [6, 6.07) is 16.0. The van der Waals surface area contributed by atoms with Crippen LogP contribution in [0.2, 0.25) is 0 Å². The highest BCUT2D eigenvalue weighted by molar-refractivity contribution is 5.99. The molecule has 0 aliphatic rings. The predicted molar refractivity (Wildman–Crippen MR) is 102 cm³/mol. The van der Waals surface area contributed by atoms with E-state index in [1.807, 2.05) is 0 Å². The minimum Gasteiger partial charge on any atom is -0.443 e. The van der Waals surface area contributed by atoms with E-state index in [-0.39, 0.29) is 17.1 Å². The third-order valence-electron chi connectivity index (χ3n) is 3.99. The van der Waals surface area contributed by atoms with Crippen molar-refractivity contribution in [2.45, 2.75) is 13.0 Å². The fraction of sp³-hybridized carbons (Fsp3) is 0.100. The average Bonchev–Trinajstić information content (AvgIpc) is 3.22. The quantitative estimate of drug-likeness (QED) is 0.384. The van der Waals surface area contributed by atoms with Crippen molar-refractivity contribution >= 4 is 23.3 Å². The van der Waals surface area contributed by atoms with Crippen LogP contribution in [0.15, 0.2) is 66.9 Å². The van der Waals surface area contributed by atoms with Crippen LogP contribution in [0.25, 0.3) is 0 Å². The molecule has 28 heavy (non-hydrogen) atoms. The van der Waals surface area contributed by atoms with E-state index < -0.39 is 22.9 Å². The van der Waals surface area contributed by atoms with Crippen LogP contribution < -0.4 is 5.32 Å². The van der Waals surface area contributed by atoms with Crippen LogP contribution >= 0.6 is 0 Å². The fourth-order valence-corrected chi connectivity index (χ4v) is 2.63. The van der Waals surface area contributed by atoms with Crippen LogP contribution in [0.4, 0.5) is 11.4 Å². The number of carbonyl (C=O) groups excluding carboxylic acids is 2. The lowest BCUT2D eigenvalue weighted by Crippen LogP contribution is -2.26. The van der Waals surface area contributed by atoms with Gasteiger partial charge in [-0.1, -0.05) is 36.4 Å². The first-order valence-electron chi connectivity index (χ1n) is 8.41. The zero-order valence-corrected chi connectivity index (χ0v) is 14.9. The van der Waals surface area contributed by atoms with Crippen molar-refractivity contribution < 1.29 is 19.2 Å². The average molecular weight is 379 g/mol. The number of carbonyl (C=O) groups is 2. The number of aromatic amines is 1. The monoisotopic (exact) mass is 379 g/mol. The van der Waals surface area contributed by atoms with E-state index in [2.05, 4.69) is 10.3 Å². The Balaban J connectivity index is 1.89. The molecule has 0 spiro atoms. The molecule has 0 aliphatic carbocycles. The van der Waals surface area contributed by atoms with Crippen molar-refractivity contribution in [2.24, 2.45) is 0 Å². The molecular weight excluding hydrogens is 362 g/mol. The Morgan fingerprint density at radius 2 is 1.86 bits per heavy atom. The number of aromatic nitrogens is 1. The standard InChI is InChI=1S/C20H17N3O5/c1-13-9-10-15(17(12-13)23(26)27)22-19(24)18(14-6-3-2-4-7-14)28-20(25)16-8-5-11-21-16/h2-12,18,21H,1H3,(H,22,24)/t18-/m1/s1. The van der Waals surface area contributed by atoms with Crippen molar-refractivity contribution in [3.63, 3.8) is 0 Å². The highest BCUT2D eigenvalue weighted by Gasteiger charge is 2.28. The first-order valence-corrected chi connectivity index (χ1v) is 8.41. The van der Waals surface area contributed by atoms with Gasteiger partial charge in [-0.2, -0.15) is 0 Å². The molecule has 8 heteroatoms. The van der Waals surface area contributed by atoms with Crippen molar-refractivity contribution in [3.8, 4) is 0 Å². The van der Waals surface area contributed by atoms with Gasteiger partial charge in [-0.05, 0) is 30.7 Å². The van der Waals surface area contributed by atoms with Gasteiger partial charge in [0, 0.05) is 17.8 Å². The molecular formula is C20H17N3O5. The first kappa shape index (κ1) is 18.8. The number of anilines is 1. The second-order valence-corrected chi connectivity index (χ2v) is 6.05. The summed E-state index contributed by atoms with van der Waals surface area (Å²) >= 11 is 0. The highest BCUT2D eigenvalue weighted by Crippen LogP contribution is 2.28. The van der Waals surface area contributed by atoms with Crippen LogP contribution in [0.5, 0.6) is 0 Å². The van der Waals surface area contributed by atoms with Crippen LogP contribution in [0, 0.1) is 17.0 Å². The second kappa shape index (κ2) is 8.17. The summed E-state index contributed by atoms with van der Waals surface area (Å²) in [5.41, 5.74) is 1.10. The molecule has 3 rings (SSSR count). The molecule has 142 valence electrons. The molecule has 8 nitrogen and oxygen atoms in total. The van der Waals surface area contributed by atoms with Gasteiger partial charge >= 0.3 is 5.97 Å². The van der Waals surface area contributed by atoms with Crippen molar-refractivity contribution in [2.75, 3.05) is 5.32 Å². The van der Waals surface area contributed by atoms with E-state index in [0.717, 1.165) is 0 Å². The maximum Gasteiger partial charge on any atom is 0.355 e. The van der Waals surface area contributed by atoms with E-state index in [1.165, 1.54) is 18.2 Å². The number of aryl methyl sites for hydroxylation is 1. The molecule has 0 radical (unpaired) electrons. The predicted octanol–water partition coefficient (Wildman–Crippen LogP) is 3.77. The number of rotatable bonds is 6. The van der Waals surface area contributed by atoms with Gasteiger partial charge < -0.3 is 15.0 Å². The maximum atomic E-state index is 12.9. The second-order valence-electron chi connectivity index (χ2n) is 6.05. The molecule has 1 aromatic heterocycles. The number of benzene rings is 2. The van der Waals surface area contributed by atoms with Crippen LogP contribution in [0.1, 0.15) is 27.7 Å². The number of ether oxygens (including phenoxy) is 1. The summed E-state index contributed by atoms with van der Waals surface area (Å²) in [5.74, 6) is -1.41. The van der Waals surface area contributed by atoms with Gasteiger partial charge in [0.1, 0.15) is 11.4 Å². The van der Waals surface area contributed by atoms with Gasteiger partial charge in [-0.3, -0.25) is 14.9 Å². The fourth-order valence-electron chi connectivity index (χ4n) is 2.63. The summed E-state index contributed by atoms with van der Waals surface area (Å²) in [4.78, 5) is 38.6. The SMILES string of the molecule is Cc1ccc(NC(=O)[C@H](OC(=O)c2ccc[nH]2)c2ccccc2)c([N+](=O)[O-])c1. The summed E-state index contributed by atoms with van der Waals surface area (Å²) in [6.45, 7) is 1.71. The Kier molecular flexibility index (Phi) is 5.50. The lowest BCUT2D eigenvalue weighted by atomic mass is 10.1. The lowest BCUT2D eigenvalue weighted by Gasteiger charge is -2.18. The normalized spacial score (nSPS) is 11.5. The largest absolute Gasteiger partial charge is 0.443 e. The molecule has 0 unspecified atom stereocenters. The number of H-pyrrole nitrogens is 1. The third kappa shape index (κ3) is 4.24. The zero-order valence-electron chi connectivity index (χ0n) is 14.9. The number of nitro benzene ring substituents is 1. The minimum atomic E-state index is -1.28. The number of nitrogens with zero attached hydrogens (tertiary/aromatic N) is 1. The molecule has 0 bridgehead atoms. The van der Waals surface area contributed by atoms with E-state index in [9.17, 15) is 19.7 Å². The Hall–Kier alpha value is -3.94. The van der Waals surface area contributed by atoms with Gasteiger partial charge in [0.2, 0.25) is 6.10 Å². The summed E-state index contributed by atoms with van der Waals surface area (Å²) in [6.07, 6.45) is 0.280. The van der Waals surface area contributed by atoms with Crippen LogP contribution in [-0.2, 0) is 9.53 Å². The van der Waals surface area contributed by atoms with Gasteiger partial charge in [0.15, 0.2) is 0 Å². The number of esters is 1. The van der Waals surface area contributed by atoms with Gasteiger partial charge in [-0.25, -0.2) is 4.79 Å². The summed E-state index contributed by atoms with van der Waals surface area (Å²) in [7, 11) is 0. The minimum absolute atomic E-state index is 0.0254. The Labute approximate surface area is 160 Å². The topological polar surface area (TPSA) is 114 Å². The lowest BCUT2D eigenvalue weighted by molar-refractivity contribution is -0.384. The van der Waals surface area contributed by atoms with Gasteiger partial charge in [-0.15, -0.1) is 0 Å². The van der Waals surface area contributed by atoms with Crippen molar-refractivity contribution in [1.82, 2.24) is 4.98 Å². The van der Waals surface area contributed by atoms with E-state index in [4.69, 9.17) is 4.74 Å². The van der Waals surface area contributed by atoms with Crippen LogP contribution in [-0.4, -0.2) is 21.8 Å². The number of hydrogen-bond acceptors (Lipinski definition) is 5. The first-order chi connectivity index (χ1) is 13.5. The molecule has 0 saturated heterocycles. The Morgan fingerprint density at radius 1 is 1.11 bits per heavy atom. The summed E-state index contributed by atoms with van der Waals surface area (Å²) < 4.78 is 5.39. The highest BCUT2D eigenvalue weighted by atomic mass is 16.6. The molecule has 2 N–H and O–H groups in total. The summed E-state index contributed by atoms with van der Waals surface area (Å²) in [5, 5.41) is 13.8. The van der Waals surface area contributed by atoms with Gasteiger partial charge in [0.25, 0.3) is 11.6 Å². The van der Waals surface area contributed by atoms with Crippen LogP contribution in [0.3, 0.4) is 0 Å². The molecule has 0 saturated carbocycles. The third-order valence-corrected chi connectivity index (χ3v) is 3.99. The van der Waals surface area contributed by atoms with E-state index in [0.29, 0.717) is 11.1 Å². The Bertz CT molecular complexity index is 1000. The molecule has 3 aromatic rings. The molecule has 2 aromatic carbocycles. The van der Waals surface area contributed by atoms with Crippen molar-refractivity contribution in [1.29, 1.82) is 0 Å². The molecule has 1 atom stereocenters. The molecule has 1 amide bonds. The zero-order chi connectivity index (χ0) is 20.1. The molecule has 0 aliphatic heterocycles. The number of nitro groups is 1. The molecule has 0 fully saturated rings. The van der Waals surface area contributed by atoms with Crippen molar-refractivity contribution in [3.05, 3.63) is 93.8 Å². The maximum absolute atomic E-state index is 12.9. The van der Waals surface area contributed by atoms with E-state index >= 15 is 0 Å². The number of hydrogen-bond donors (Lipinski definition) is 2. The number of amides is 1. The smallest absolute Gasteiger partial charge is 0.355 e. The molecule has 1 heterocycles.